The summed E-state index contributed by atoms with van der Waals surface area (Å²) in [6, 6.07) is 5.72. The number of nitrogens with zero attached hydrogens (tertiary/aromatic N) is 2. The van der Waals surface area contributed by atoms with Gasteiger partial charge in [0.15, 0.2) is 11.9 Å². The van der Waals surface area contributed by atoms with Crippen molar-refractivity contribution in [2.45, 2.75) is 58.2 Å². The highest BCUT2D eigenvalue weighted by Crippen LogP contribution is 2.38. The van der Waals surface area contributed by atoms with Crippen LogP contribution in [0.5, 0.6) is 0 Å². The zero-order valence-electron chi connectivity index (χ0n) is 20.4. The predicted molar refractivity (Wildman–Crippen MR) is 128 cm³/mol. The zero-order valence-corrected chi connectivity index (χ0v) is 20.4. The maximum atomic E-state index is 13.6. The van der Waals surface area contributed by atoms with Crippen LogP contribution in [0.15, 0.2) is 47.3 Å². The molecule has 1 aromatic carbocycles. The van der Waals surface area contributed by atoms with E-state index in [9.17, 15) is 28.0 Å². The Balaban J connectivity index is 1.55. The molecule has 8 nitrogen and oxygen atoms in total. The Kier molecular flexibility index (Phi) is 7.51. The Hall–Kier alpha value is -3.89. The summed E-state index contributed by atoms with van der Waals surface area (Å²) in [5.41, 5.74) is 0.0772. The minimum absolute atomic E-state index is 0.0537. The molecule has 0 aliphatic heterocycles. The summed E-state index contributed by atoms with van der Waals surface area (Å²) in [5, 5.41) is 21.4. The van der Waals surface area contributed by atoms with Crippen molar-refractivity contribution in [2.24, 2.45) is 5.92 Å². The second-order valence-electron chi connectivity index (χ2n) is 9.10. The fourth-order valence-electron chi connectivity index (χ4n) is 4.79. The monoisotopic (exact) mass is 516 g/mol. The second-order valence-corrected chi connectivity index (χ2v) is 9.10. The number of amides is 2. The molecular weight excluding hydrogens is 489 g/mol. The van der Waals surface area contributed by atoms with E-state index in [2.05, 4.69) is 15.8 Å². The molecule has 0 radical (unpaired) electrons. The average molecular weight is 517 g/mol. The molecule has 2 aromatic heterocycles. The first kappa shape index (κ1) is 26.2. The molecule has 2 heterocycles. The third kappa shape index (κ3) is 5.60. The first-order valence-corrected chi connectivity index (χ1v) is 12.1. The third-order valence-corrected chi connectivity index (χ3v) is 6.75. The third-order valence-electron chi connectivity index (χ3n) is 6.75. The van der Waals surface area contributed by atoms with Crippen LogP contribution in [0.4, 0.5) is 18.9 Å². The lowest BCUT2D eigenvalue weighted by Gasteiger charge is -2.24. The van der Waals surface area contributed by atoms with Gasteiger partial charge in [0.1, 0.15) is 17.9 Å². The SMILES string of the molecule is CCc1nocc1C(=O)NC(C(=O)Nc1ccc(-c2c(C(F)(F)F)cc[n+]([O-])c2C)cc1)C1CCCC1. The first-order chi connectivity index (χ1) is 17.6. The number of aromatic nitrogens is 2. The topological polar surface area (TPSA) is 111 Å². The predicted octanol–water partition coefficient (Wildman–Crippen LogP) is 4.79. The van der Waals surface area contributed by atoms with E-state index in [1.54, 1.807) is 0 Å². The van der Waals surface area contributed by atoms with Gasteiger partial charge in [-0.2, -0.15) is 17.9 Å². The Morgan fingerprint density at radius 3 is 2.49 bits per heavy atom. The number of carbonyl (C=O) groups is 2. The largest absolute Gasteiger partial charge is 0.618 e. The van der Waals surface area contributed by atoms with Crippen LogP contribution in [-0.2, 0) is 17.4 Å². The van der Waals surface area contributed by atoms with Gasteiger partial charge in [-0.1, -0.05) is 37.1 Å². The van der Waals surface area contributed by atoms with Crippen molar-refractivity contribution in [3.63, 3.8) is 0 Å². The van der Waals surface area contributed by atoms with Crippen molar-refractivity contribution >= 4 is 17.5 Å². The Morgan fingerprint density at radius 2 is 1.86 bits per heavy atom. The number of benzene rings is 1. The molecule has 11 heteroatoms. The number of rotatable bonds is 7. The Bertz CT molecular complexity index is 1280. The summed E-state index contributed by atoms with van der Waals surface area (Å²) in [6.45, 7) is 3.16. The van der Waals surface area contributed by atoms with Crippen molar-refractivity contribution in [1.29, 1.82) is 0 Å². The molecule has 0 bridgehead atoms. The van der Waals surface area contributed by atoms with Crippen LogP contribution < -0.4 is 15.4 Å². The van der Waals surface area contributed by atoms with Gasteiger partial charge in [0.25, 0.3) is 5.91 Å². The van der Waals surface area contributed by atoms with E-state index in [4.69, 9.17) is 4.52 Å². The molecule has 3 aromatic rings. The summed E-state index contributed by atoms with van der Waals surface area (Å²) >= 11 is 0. The Morgan fingerprint density at radius 1 is 1.19 bits per heavy atom. The van der Waals surface area contributed by atoms with Gasteiger partial charge in [-0.15, -0.1) is 0 Å². The maximum absolute atomic E-state index is 13.6. The van der Waals surface area contributed by atoms with Crippen molar-refractivity contribution in [3.8, 4) is 11.1 Å². The van der Waals surface area contributed by atoms with E-state index in [1.165, 1.54) is 37.5 Å². The molecule has 1 atom stereocenters. The molecule has 2 N–H and O–H groups in total. The maximum Gasteiger partial charge on any atom is 0.417 e. The summed E-state index contributed by atoms with van der Waals surface area (Å²) < 4.78 is 46.0. The van der Waals surface area contributed by atoms with E-state index in [-0.39, 0.29) is 28.3 Å². The number of aryl methyl sites for hydroxylation is 1. The summed E-state index contributed by atoms with van der Waals surface area (Å²) in [7, 11) is 0. The van der Waals surface area contributed by atoms with Crippen LogP contribution in [0.2, 0.25) is 0 Å². The quantitative estimate of drug-likeness (QED) is 0.347. The van der Waals surface area contributed by atoms with Crippen molar-refractivity contribution < 1.29 is 32.0 Å². The van der Waals surface area contributed by atoms with E-state index in [1.807, 2.05) is 6.92 Å². The molecule has 0 spiro atoms. The molecule has 4 rings (SSSR count). The Labute approximate surface area is 211 Å². The van der Waals surface area contributed by atoms with Crippen molar-refractivity contribution in [1.82, 2.24) is 10.5 Å². The van der Waals surface area contributed by atoms with Gasteiger partial charge < -0.3 is 20.4 Å². The molecule has 1 saturated carbocycles. The molecule has 0 saturated heterocycles. The number of hydrogen-bond acceptors (Lipinski definition) is 5. The van der Waals surface area contributed by atoms with Crippen LogP contribution >= 0.6 is 0 Å². The molecule has 1 aliphatic carbocycles. The summed E-state index contributed by atoms with van der Waals surface area (Å²) in [6.07, 6.45) is 1.40. The van der Waals surface area contributed by atoms with Crippen molar-refractivity contribution in [2.75, 3.05) is 5.32 Å². The highest BCUT2D eigenvalue weighted by Gasteiger charge is 2.37. The minimum atomic E-state index is -4.64. The molecule has 1 fully saturated rings. The van der Waals surface area contributed by atoms with Crippen LogP contribution in [0.25, 0.3) is 11.1 Å². The lowest BCUT2D eigenvalue weighted by molar-refractivity contribution is -0.611. The van der Waals surface area contributed by atoms with Gasteiger partial charge in [-0.25, -0.2) is 0 Å². The lowest BCUT2D eigenvalue weighted by Crippen LogP contribution is -2.48. The second kappa shape index (κ2) is 10.6. The van der Waals surface area contributed by atoms with Crippen LogP contribution in [0, 0.1) is 18.0 Å². The fraction of sp³-hybridized carbons (Fsp3) is 0.385. The number of hydrogen-bond donors (Lipinski definition) is 2. The van der Waals surface area contributed by atoms with Gasteiger partial charge in [-0.05, 0) is 42.9 Å². The normalized spacial score (nSPS) is 14.9. The van der Waals surface area contributed by atoms with E-state index in [0.717, 1.165) is 37.9 Å². The molecule has 2 amide bonds. The van der Waals surface area contributed by atoms with Crippen LogP contribution in [0.1, 0.15) is 59.9 Å². The number of carbonyl (C=O) groups excluding carboxylic acids is 2. The van der Waals surface area contributed by atoms with Gasteiger partial charge in [0.05, 0.1) is 16.8 Å². The highest BCUT2D eigenvalue weighted by molar-refractivity contribution is 6.01. The number of alkyl halides is 3. The lowest BCUT2D eigenvalue weighted by atomic mass is 9.96. The van der Waals surface area contributed by atoms with E-state index < -0.39 is 29.6 Å². The van der Waals surface area contributed by atoms with E-state index >= 15 is 0 Å². The van der Waals surface area contributed by atoms with Gasteiger partial charge in [0, 0.05) is 18.7 Å². The molecule has 1 aliphatic rings. The highest BCUT2D eigenvalue weighted by atomic mass is 19.4. The zero-order chi connectivity index (χ0) is 26.7. The summed E-state index contributed by atoms with van der Waals surface area (Å²) in [4.78, 5) is 26.1. The standard InChI is InChI=1S/C26H27F3N4O4/c1-3-21-19(14-37-32-21)24(34)31-23(17-6-4-5-7-17)25(35)30-18-10-8-16(9-11-18)22-15(2)33(36)13-12-20(22)26(27,28)29/h8-14,17,23H,3-7H2,1-2H3,(H,30,35)(H,31,34). The number of nitrogens with one attached hydrogen (secondary N) is 2. The number of pyridine rings is 1. The first-order valence-electron chi connectivity index (χ1n) is 12.1. The van der Waals surface area contributed by atoms with Gasteiger partial charge in [0.2, 0.25) is 5.91 Å². The smallest absolute Gasteiger partial charge is 0.417 e. The van der Waals surface area contributed by atoms with Gasteiger partial charge in [-0.3, -0.25) is 9.59 Å². The average Bonchev–Trinajstić information content (AvgIpc) is 3.56. The summed E-state index contributed by atoms with van der Waals surface area (Å²) in [5.74, 6) is -0.931. The number of halogens is 3. The minimum Gasteiger partial charge on any atom is -0.618 e. The molecule has 1 unspecified atom stereocenters. The fourth-order valence-corrected chi connectivity index (χ4v) is 4.79. The molecule has 196 valence electrons. The van der Waals surface area contributed by atoms with Crippen LogP contribution in [-0.4, -0.2) is 23.0 Å². The van der Waals surface area contributed by atoms with Crippen molar-refractivity contribution in [3.05, 3.63) is 70.5 Å². The number of anilines is 1. The van der Waals surface area contributed by atoms with E-state index in [0.29, 0.717) is 22.5 Å². The van der Waals surface area contributed by atoms with Crippen LogP contribution in [0.3, 0.4) is 0 Å². The molecular formula is C26H27F3N4O4. The molecule has 37 heavy (non-hydrogen) atoms. The van der Waals surface area contributed by atoms with Gasteiger partial charge >= 0.3 is 6.18 Å².